The lowest BCUT2D eigenvalue weighted by molar-refractivity contribution is -0.00898. The molecule has 0 aromatic carbocycles. The summed E-state index contributed by atoms with van der Waals surface area (Å²) in [5.74, 6) is 1.10. The zero-order valence-corrected chi connectivity index (χ0v) is 11.4. The quantitative estimate of drug-likeness (QED) is 0.900. The third kappa shape index (κ3) is 2.74. The Kier molecular flexibility index (Phi) is 3.99. The number of fused-ring (bicyclic) bond motifs is 1. The van der Waals surface area contributed by atoms with Gasteiger partial charge in [0.15, 0.2) is 0 Å². The van der Waals surface area contributed by atoms with E-state index in [9.17, 15) is 0 Å². The van der Waals surface area contributed by atoms with Gasteiger partial charge in [-0.15, -0.1) is 0 Å². The molecule has 0 spiro atoms. The van der Waals surface area contributed by atoms with E-state index in [-0.39, 0.29) is 0 Å². The van der Waals surface area contributed by atoms with Gasteiger partial charge >= 0.3 is 0 Å². The Morgan fingerprint density at radius 2 is 2.21 bits per heavy atom. The van der Waals surface area contributed by atoms with E-state index in [2.05, 4.69) is 22.0 Å². The molecule has 104 valence electrons. The Morgan fingerprint density at radius 1 is 1.32 bits per heavy atom. The van der Waals surface area contributed by atoms with E-state index >= 15 is 0 Å². The van der Waals surface area contributed by atoms with Crippen molar-refractivity contribution >= 4 is 5.82 Å². The molecule has 0 bridgehead atoms. The first-order chi connectivity index (χ1) is 9.38. The maximum atomic E-state index is 5.91. The molecule has 4 nitrogen and oxygen atoms in total. The summed E-state index contributed by atoms with van der Waals surface area (Å²) < 4.78 is 5.91. The molecule has 1 aromatic heterocycles. The summed E-state index contributed by atoms with van der Waals surface area (Å²) in [6, 6.07) is 4.82. The van der Waals surface area contributed by atoms with Crippen molar-refractivity contribution in [3.63, 3.8) is 0 Å². The summed E-state index contributed by atoms with van der Waals surface area (Å²) in [4.78, 5) is 7.07. The molecule has 0 amide bonds. The minimum Gasteiger partial charge on any atom is -0.374 e. The van der Waals surface area contributed by atoms with Crippen LogP contribution in [0.3, 0.4) is 0 Å². The fourth-order valence-corrected chi connectivity index (χ4v) is 3.28. The van der Waals surface area contributed by atoms with Gasteiger partial charge in [-0.05, 0) is 37.4 Å². The highest BCUT2D eigenvalue weighted by Crippen LogP contribution is 2.31. The normalized spacial score (nSPS) is 27.1. The van der Waals surface area contributed by atoms with Crippen molar-refractivity contribution in [2.75, 3.05) is 24.6 Å². The standard InChI is InChI=1S/C15H23N3O/c16-8-7-12-5-6-15(17-11-12)18-9-10-19-14-4-2-1-3-13(14)18/h5-6,11,13-14H,1-4,7-10,16H2. The molecule has 19 heavy (non-hydrogen) atoms. The summed E-state index contributed by atoms with van der Waals surface area (Å²) in [6.07, 6.45) is 8.33. The van der Waals surface area contributed by atoms with Crippen molar-refractivity contribution in [1.82, 2.24) is 4.98 Å². The molecule has 2 fully saturated rings. The van der Waals surface area contributed by atoms with Crippen LogP contribution in [-0.4, -0.2) is 36.8 Å². The molecule has 1 aromatic rings. The minimum absolute atomic E-state index is 0.410. The zero-order valence-electron chi connectivity index (χ0n) is 11.4. The number of ether oxygens (including phenoxy) is 1. The van der Waals surface area contributed by atoms with Gasteiger partial charge in [0.2, 0.25) is 0 Å². The first-order valence-electron chi connectivity index (χ1n) is 7.42. The largest absolute Gasteiger partial charge is 0.374 e. The molecule has 3 rings (SSSR count). The maximum Gasteiger partial charge on any atom is 0.128 e. The van der Waals surface area contributed by atoms with Crippen molar-refractivity contribution in [2.45, 2.75) is 44.2 Å². The van der Waals surface area contributed by atoms with E-state index in [0.717, 1.165) is 25.4 Å². The van der Waals surface area contributed by atoms with E-state index in [1.807, 2.05) is 6.20 Å². The van der Waals surface area contributed by atoms with Crippen molar-refractivity contribution < 1.29 is 4.74 Å². The Hall–Kier alpha value is -1.13. The van der Waals surface area contributed by atoms with Gasteiger partial charge in [-0.25, -0.2) is 4.98 Å². The average Bonchev–Trinajstić information content (AvgIpc) is 2.48. The predicted octanol–water partition coefficient (Wildman–Crippen LogP) is 1.73. The monoisotopic (exact) mass is 261 g/mol. The van der Waals surface area contributed by atoms with Crippen molar-refractivity contribution in [2.24, 2.45) is 5.73 Å². The van der Waals surface area contributed by atoms with Crippen LogP contribution >= 0.6 is 0 Å². The lowest BCUT2D eigenvalue weighted by Crippen LogP contribution is -2.53. The highest BCUT2D eigenvalue weighted by Gasteiger charge is 2.34. The van der Waals surface area contributed by atoms with Gasteiger partial charge in [0.25, 0.3) is 0 Å². The van der Waals surface area contributed by atoms with E-state index in [4.69, 9.17) is 10.5 Å². The van der Waals surface area contributed by atoms with Crippen LogP contribution in [0.4, 0.5) is 5.82 Å². The van der Waals surface area contributed by atoms with Gasteiger partial charge in [-0.2, -0.15) is 0 Å². The third-order valence-corrected chi connectivity index (χ3v) is 4.27. The van der Waals surface area contributed by atoms with Crippen LogP contribution in [0, 0.1) is 0 Å². The molecule has 2 atom stereocenters. The van der Waals surface area contributed by atoms with Crippen LogP contribution in [-0.2, 0) is 11.2 Å². The van der Waals surface area contributed by atoms with Gasteiger partial charge in [-0.3, -0.25) is 0 Å². The SMILES string of the molecule is NCCc1ccc(N2CCOC3CCCCC32)nc1. The summed E-state index contributed by atoms with van der Waals surface area (Å²) in [6.45, 7) is 2.47. The van der Waals surface area contributed by atoms with E-state index in [0.29, 0.717) is 18.7 Å². The van der Waals surface area contributed by atoms with Gasteiger partial charge in [0, 0.05) is 12.7 Å². The number of morpholine rings is 1. The van der Waals surface area contributed by atoms with Crippen LogP contribution in [0.15, 0.2) is 18.3 Å². The summed E-state index contributed by atoms with van der Waals surface area (Å²) in [5.41, 5.74) is 6.80. The fourth-order valence-electron chi connectivity index (χ4n) is 3.28. The predicted molar refractivity (Wildman–Crippen MR) is 76.3 cm³/mol. The van der Waals surface area contributed by atoms with Gasteiger partial charge < -0.3 is 15.4 Å². The van der Waals surface area contributed by atoms with Crippen LogP contribution in [0.5, 0.6) is 0 Å². The number of rotatable bonds is 3. The first kappa shape index (κ1) is 12.9. The number of hydrogen-bond acceptors (Lipinski definition) is 4. The molecule has 1 saturated carbocycles. The Morgan fingerprint density at radius 3 is 3.00 bits per heavy atom. The summed E-state index contributed by atoms with van der Waals surface area (Å²) >= 11 is 0. The second kappa shape index (κ2) is 5.88. The lowest BCUT2D eigenvalue weighted by atomic mass is 9.90. The zero-order chi connectivity index (χ0) is 13.1. The molecule has 1 saturated heterocycles. The topological polar surface area (TPSA) is 51.4 Å². The Bertz CT molecular complexity index is 404. The number of hydrogen-bond donors (Lipinski definition) is 1. The van der Waals surface area contributed by atoms with Crippen molar-refractivity contribution in [3.8, 4) is 0 Å². The lowest BCUT2D eigenvalue weighted by Gasteiger charge is -2.44. The molecule has 4 heteroatoms. The molecule has 2 heterocycles. The molecule has 2 N–H and O–H groups in total. The molecule has 1 aliphatic heterocycles. The number of anilines is 1. The Balaban J connectivity index is 1.75. The second-order valence-corrected chi connectivity index (χ2v) is 5.52. The van der Waals surface area contributed by atoms with E-state index in [1.54, 1.807) is 0 Å². The average molecular weight is 261 g/mol. The van der Waals surface area contributed by atoms with Crippen molar-refractivity contribution in [3.05, 3.63) is 23.9 Å². The van der Waals surface area contributed by atoms with Crippen LogP contribution in [0.1, 0.15) is 31.2 Å². The molecule has 2 aliphatic rings. The number of pyridine rings is 1. The fraction of sp³-hybridized carbons (Fsp3) is 0.667. The third-order valence-electron chi connectivity index (χ3n) is 4.27. The summed E-state index contributed by atoms with van der Waals surface area (Å²) in [7, 11) is 0. The highest BCUT2D eigenvalue weighted by molar-refractivity contribution is 5.42. The maximum absolute atomic E-state index is 5.91. The highest BCUT2D eigenvalue weighted by atomic mass is 16.5. The molecular formula is C15H23N3O. The Labute approximate surface area is 115 Å². The van der Waals surface area contributed by atoms with Crippen LogP contribution < -0.4 is 10.6 Å². The smallest absolute Gasteiger partial charge is 0.128 e. The molecular weight excluding hydrogens is 238 g/mol. The van der Waals surface area contributed by atoms with E-state index < -0.39 is 0 Å². The molecule has 2 unspecified atom stereocenters. The van der Waals surface area contributed by atoms with Gasteiger partial charge in [0.1, 0.15) is 5.82 Å². The van der Waals surface area contributed by atoms with Crippen LogP contribution in [0.25, 0.3) is 0 Å². The molecule has 0 radical (unpaired) electrons. The van der Waals surface area contributed by atoms with Crippen LogP contribution in [0.2, 0.25) is 0 Å². The number of nitrogens with zero attached hydrogens (tertiary/aromatic N) is 2. The van der Waals surface area contributed by atoms with E-state index in [1.165, 1.54) is 31.2 Å². The second-order valence-electron chi connectivity index (χ2n) is 5.52. The summed E-state index contributed by atoms with van der Waals surface area (Å²) in [5, 5.41) is 0. The first-order valence-corrected chi connectivity index (χ1v) is 7.42. The number of nitrogens with two attached hydrogens (primary N) is 1. The van der Waals surface area contributed by atoms with Gasteiger partial charge in [-0.1, -0.05) is 18.9 Å². The van der Waals surface area contributed by atoms with Gasteiger partial charge in [0.05, 0.1) is 18.8 Å². The minimum atomic E-state index is 0.410. The molecule has 1 aliphatic carbocycles. The number of aromatic nitrogens is 1. The van der Waals surface area contributed by atoms with Crippen molar-refractivity contribution in [1.29, 1.82) is 0 Å².